The van der Waals surface area contributed by atoms with Crippen molar-refractivity contribution in [3.05, 3.63) is 35.4 Å². The smallest absolute Gasteiger partial charge is 0.191 e. The summed E-state index contributed by atoms with van der Waals surface area (Å²) in [4.78, 5) is 7.01. The predicted octanol–water partition coefficient (Wildman–Crippen LogP) is 3.28. The Hall–Kier alpha value is -0.860. The molecule has 3 heterocycles. The van der Waals surface area contributed by atoms with Crippen LogP contribution in [-0.4, -0.2) is 49.2 Å². The predicted molar refractivity (Wildman–Crippen MR) is 121 cm³/mol. The lowest BCUT2D eigenvalue weighted by atomic mass is 9.96. The van der Waals surface area contributed by atoms with Crippen LogP contribution in [0.15, 0.2) is 29.3 Å². The van der Waals surface area contributed by atoms with E-state index in [4.69, 9.17) is 4.74 Å². The second-order valence-corrected chi connectivity index (χ2v) is 7.89. The van der Waals surface area contributed by atoms with Gasteiger partial charge in [0.25, 0.3) is 0 Å². The Labute approximate surface area is 180 Å². The van der Waals surface area contributed by atoms with E-state index in [0.29, 0.717) is 18.2 Å². The molecule has 1 aromatic carbocycles. The zero-order chi connectivity index (χ0) is 17.8. The van der Waals surface area contributed by atoms with Crippen LogP contribution in [0.3, 0.4) is 0 Å². The van der Waals surface area contributed by atoms with Gasteiger partial charge < -0.3 is 15.4 Å². The van der Waals surface area contributed by atoms with Crippen LogP contribution in [-0.2, 0) is 17.8 Å². The summed E-state index contributed by atoms with van der Waals surface area (Å²) in [6.45, 7) is 4.33. The van der Waals surface area contributed by atoms with Crippen LogP contribution in [0.1, 0.15) is 49.7 Å². The Kier molecular flexibility index (Phi) is 7.78. The van der Waals surface area contributed by atoms with Gasteiger partial charge in [-0.1, -0.05) is 30.7 Å². The van der Waals surface area contributed by atoms with Gasteiger partial charge in [0.2, 0.25) is 0 Å². The summed E-state index contributed by atoms with van der Waals surface area (Å²) in [6, 6.07) is 9.20. The third-order valence-electron chi connectivity index (χ3n) is 6.06. The Balaban J connectivity index is 0.00000210. The molecule has 0 amide bonds. The second kappa shape index (κ2) is 10.1. The molecule has 150 valence electrons. The van der Waals surface area contributed by atoms with Crippen LogP contribution in [0.2, 0.25) is 0 Å². The number of hydrogen-bond acceptors (Lipinski definition) is 3. The topological polar surface area (TPSA) is 48.9 Å². The van der Waals surface area contributed by atoms with Crippen molar-refractivity contribution in [1.29, 1.82) is 0 Å². The minimum Gasteiger partial charge on any atom is -0.373 e. The maximum absolute atomic E-state index is 5.95. The van der Waals surface area contributed by atoms with E-state index in [-0.39, 0.29) is 24.0 Å². The molecule has 0 radical (unpaired) electrons. The van der Waals surface area contributed by atoms with E-state index in [1.54, 1.807) is 0 Å². The molecule has 0 saturated carbocycles. The average Bonchev–Trinajstić information content (AvgIpc) is 3.30. The van der Waals surface area contributed by atoms with Crippen LogP contribution in [0.4, 0.5) is 0 Å². The van der Waals surface area contributed by atoms with Gasteiger partial charge in [-0.25, -0.2) is 0 Å². The summed E-state index contributed by atoms with van der Waals surface area (Å²) in [5.74, 6) is 0.888. The standard InChI is InChI=1S/C21H32N4O.HI/c1-22-21(24-19-13-18-9-10-20(19)26-18)23-14-16-7-3-4-8-17(16)15-25-11-5-2-6-12-25;/h3-4,7-8,18-20H,2,5-6,9-15H2,1H3,(H2,22,23,24);1H. The Morgan fingerprint density at radius 3 is 2.59 bits per heavy atom. The lowest BCUT2D eigenvalue weighted by molar-refractivity contribution is 0.0992. The molecule has 6 heteroatoms. The van der Waals surface area contributed by atoms with Crippen LogP contribution < -0.4 is 10.6 Å². The van der Waals surface area contributed by atoms with E-state index < -0.39 is 0 Å². The van der Waals surface area contributed by atoms with Crippen LogP contribution in [0.5, 0.6) is 0 Å². The van der Waals surface area contributed by atoms with Gasteiger partial charge in [0.05, 0.1) is 18.2 Å². The number of nitrogens with one attached hydrogen (secondary N) is 2. The minimum absolute atomic E-state index is 0. The van der Waals surface area contributed by atoms with Crippen molar-refractivity contribution in [3.8, 4) is 0 Å². The fourth-order valence-corrected chi connectivity index (χ4v) is 4.58. The largest absolute Gasteiger partial charge is 0.373 e. The maximum Gasteiger partial charge on any atom is 0.191 e. The minimum atomic E-state index is 0. The molecule has 2 N–H and O–H groups in total. The zero-order valence-electron chi connectivity index (χ0n) is 16.3. The Morgan fingerprint density at radius 2 is 1.93 bits per heavy atom. The van der Waals surface area contributed by atoms with Gasteiger partial charge in [0.1, 0.15) is 0 Å². The number of hydrogen-bond donors (Lipinski definition) is 2. The summed E-state index contributed by atoms with van der Waals surface area (Å²) >= 11 is 0. The summed E-state index contributed by atoms with van der Waals surface area (Å²) in [7, 11) is 1.85. The lowest BCUT2D eigenvalue weighted by Gasteiger charge is -2.27. The number of rotatable bonds is 5. The van der Waals surface area contributed by atoms with Gasteiger partial charge in [-0.15, -0.1) is 24.0 Å². The highest BCUT2D eigenvalue weighted by Crippen LogP contribution is 2.34. The van der Waals surface area contributed by atoms with Crippen molar-refractivity contribution in [2.45, 2.75) is 69.9 Å². The zero-order valence-corrected chi connectivity index (χ0v) is 18.7. The highest BCUT2D eigenvalue weighted by Gasteiger charge is 2.41. The van der Waals surface area contributed by atoms with Crippen molar-refractivity contribution >= 4 is 29.9 Å². The molecule has 3 aliphatic heterocycles. The summed E-state index contributed by atoms with van der Waals surface area (Å²) in [5, 5.41) is 7.09. The molecular formula is C21H33IN4O. The van der Waals surface area contributed by atoms with Crippen LogP contribution in [0, 0.1) is 0 Å². The molecule has 3 atom stereocenters. The number of nitrogens with zero attached hydrogens (tertiary/aromatic N) is 2. The third kappa shape index (κ3) is 5.35. The Morgan fingerprint density at radius 1 is 1.15 bits per heavy atom. The maximum atomic E-state index is 5.95. The van der Waals surface area contributed by atoms with E-state index in [1.165, 1.54) is 56.3 Å². The fraction of sp³-hybridized carbons (Fsp3) is 0.667. The molecule has 5 nitrogen and oxygen atoms in total. The van der Waals surface area contributed by atoms with Gasteiger partial charge in [-0.2, -0.15) is 0 Å². The lowest BCUT2D eigenvalue weighted by Crippen LogP contribution is -2.47. The monoisotopic (exact) mass is 484 g/mol. The van der Waals surface area contributed by atoms with Crippen molar-refractivity contribution < 1.29 is 4.74 Å². The van der Waals surface area contributed by atoms with E-state index in [9.17, 15) is 0 Å². The first kappa shape index (κ1) is 20.9. The number of likely N-dealkylation sites (tertiary alicyclic amines) is 1. The molecule has 0 aliphatic carbocycles. The second-order valence-electron chi connectivity index (χ2n) is 7.89. The number of halogens is 1. The molecule has 2 bridgehead atoms. The number of benzene rings is 1. The first-order chi connectivity index (χ1) is 12.8. The highest BCUT2D eigenvalue weighted by atomic mass is 127. The number of aliphatic imine (C=N–C) groups is 1. The first-order valence-corrected chi connectivity index (χ1v) is 10.2. The van der Waals surface area contributed by atoms with Crippen LogP contribution in [0.25, 0.3) is 0 Å². The number of piperidine rings is 1. The number of ether oxygens (including phenoxy) is 1. The van der Waals surface area contributed by atoms with Gasteiger partial charge >= 0.3 is 0 Å². The van der Waals surface area contributed by atoms with Crippen molar-refractivity contribution in [3.63, 3.8) is 0 Å². The third-order valence-corrected chi connectivity index (χ3v) is 6.06. The SMILES string of the molecule is CN=C(NCc1ccccc1CN1CCCCC1)NC1CC2CCC1O2.I. The highest BCUT2D eigenvalue weighted by molar-refractivity contribution is 14.0. The van der Waals surface area contributed by atoms with Crippen molar-refractivity contribution in [1.82, 2.24) is 15.5 Å². The quantitative estimate of drug-likeness (QED) is 0.383. The summed E-state index contributed by atoms with van der Waals surface area (Å²) in [5.41, 5.74) is 2.80. The summed E-state index contributed by atoms with van der Waals surface area (Å²) < 4.78 is 5.95. The van der Waals surface area contributed by atoms with E-state index in [2.05, 4.69) is 44.8 Å². The molecule has 4 rings (SSSR count). The van der Waals surface area contributed by atoms with Gasteiger partial charge in [-0.3, -0.25) is 9.89 Å². The van der Waals surface area contributed by atoms with E-state index in [0.717, 1.165) is 25.5 Å². The van der Waals surface area contributed by atoms with Gasteiger partial charge in [0, 0.05) is 20.1 Å². The summed E-state index contributed by atoms with van der Waals surface area (Å²) in [6.07, 6.45) is 8.39. The average molecular weight is 484 g/mol. The fourth-order valence-electron chi connectivity index (χ4n) is 4.58. The number of guanidine groups is 1. The van der Waals surface area contributed by atoms with E-state index >= 15 is 0 Å². The van der Waals surface area contributed by atoms with Gasteiger partial charge in [0.15, 0.2) is 5.96 Å². The number of fused-ring (bicyclic) bond motifs is 2. The molecule has 0 aromatic heterocycles. The Bertz CT molecular complexity index is 632. The molecule has 1 aromatic rings. The molecule has 3 unspecified atom stereocenters. The van der Waals surface area contributed by atoms with Crippen LogP contribution >= 0.6 is 24.0 Å². The first-order valence-electron chi connectivity index (χ1n) is 10.2. The molecule has 3 aliphatic rings. The molecular weight excluding hydrogens is 451 g/mol. The molecule has 3 fully saturated rings. The molecule has 3 saturated heterocycles. The van der Waals surface area contributed by atoms with Gasteiger partial charge in [-0.05, 0) is 56.3 Å². The molecule has 27 heavy (non-hydrogen) atoms. The van der Waals surface area contributed by atoms with E-state index in [1.807, 2.05) is 7.05 Å². The van der Waals surface area contributed by atoms with Crippen molar-refractivity contribution in [2.24, 2.45) is 4.99 Å². The normalized spacial score (nSPS) is 28.0. The molecule has 0 spiro atoms. The van der Waals surface area contributed by atoms with Crippen molar-refractivity contribution in [2.75, 3.05) is 20.1 Å².